The maximum absolute atomic E-state index is 11.8. The summed E-state index contributed by atoms with van der Waals surface area (Å²) in [4.78, 5) is 16.3. The molecule has 3 aromatic rings. The first-order valence-corrected chi connectivity index (χ1v) is 8.30. The molecular formula is C20H20N4O3. The van der Waals surface area contributed by atoms with Crippen molar-refractivity contribution in [3.8, 4) is 22.7 Å². The van der Waals surface area contributed by atoms with E-state index in [0.717, 1.165) is 28.7 Å². The molecule has 27 heavy (non-hydrogen) atoms. The number of nitrogens with zero attached hydrogens (tertiary/aromatic N) is 3. The monoisotopic (exact) mass is 364 g/mol. The van der Waals surface area contributed by atoms with Gasteiger partial charge in [0.25, 0.3) is 0 Å². The van der Waals surface area contributed by atoms with Crippen molar-refractivity contribution in [1.29, 1.82) is 0 Å². The van der Waals surface area contributed by atoms with Gasteiger partial charge in [-0.3, -0.25) is 0 Å². The summed E-state index contributed by atoms with van der Waals surface area (Å²) in [5.41, 5.74) is 10.7. The van der Waals surface area contributed by atoms with Crippen LogP contribution in [0, 0.1) is 13.8 Å². The van der Waals surface area contributed by atoms with E-state index in [1.807, 2.05) is 55.6 Å². The van der Waals surface area contributed by atoms with Gasteiger partial charge in [-0.25, -0.2) is 9.48 Å². The van der Waals surface area contributed by atoms with E-state index < -0.39 is 5.97 Å². The van der Waals surface area contributed by atoms with Gasteiger partial charge in [0, 0.05) is 23.0 Å². The molecule has 3 rings (SSSR count). The number of benzene rings is 2. The Bertz CT molecular complexity index is 994. The van der Waals surface area contributed by atoms with Gasteiger partial charge in [-0.05, 0) is 43.7 Å². The highest BCUT2D eigenvalue weighted by Gasteiger charge is 2.17. The smallest absolute Gasteiger partial charge is 0.358 e. The molecule has 0 amide bonds. The fourth-order valence-electron chi connectivity index (χ4n) is 2.76. The molecule has 0 aliphatic carbocycles. The molecular weight excluding hydrogens is 344 g/mol. The van der Waals surface area contributed by atoms with Crippen molar-refractivity contribution in [2.45, 2.75) is 13.8 Å². The van der Waals surface area contributed by atoms with E-state index in [2.05, 4.69) is 15.1 Å². The Labute approximate surface area is 157 Å². The van der Waals surface area contributed by atoms with E-state index in [4.69, 9.17) is 10.5 Å². The Morgan fingerprint density at radius 3 is 2.67 bits per heavy atom. The minimum absolute atomic E-state index is 0.409. The first-order chi connectivity index (χ1) is 13.0. The first kappa shape index (κ1) is 18.2. The molecule has 2 aromatic carbocycles. The van der Waals surface area contributed by atoms with E-state index in [1.165, 1.54) is 7.11 Å². The van der Waals surface area contributed by atoms with E-state index in [1.54, 1.807) is 11.6 Å². The fourth-order valence-corrected chi connectivity index (χ4v) is 2.76. The lowest BCUT2D eigenvalue weighted by molar-refractivity contribution is -0.126. The van der Waals surface area contributed by atoms with Crippen LogP contribution in [0.4, 0.5) is 5.69 Å². The van der Waals surface area contributed by atoms with Crippen LogP contribution < -0.4 is 10.5 Å². The summed E-state index contributed by atoms with van der Waals surface area (Å²) in [6.45, 7) is 3.65. The second-order valence-electron chi connectivity index (χ2n) is 5.93. The van der Waals surface area contributed by atoms with Crippen LogP contribution in [0.15, 0.2) is 53.8 Å². The van der Waals surface area contributed by atoms with Crippen molar-refractivity contribution in [1.82, 2.24) is 9.78 Å². The molecule has 7 nitrogen and oxygen atoms in total. The van der Waals surface area contributed by atoms with Gasteiger partial charge in [-0.1, -0.05) is 23.4 Å². The van der Waals surface area contributed by atoms with Crippen LogP contribution in [-0.2, 0) is 9.63 Å². The number of hydrogen-bond acceptors (Lipinski definition) is 6. The van der Waals surface area contributed by atoms with E-state index in [0.29, 0.717) is 17.0 Å². The molecule has 7 heteroatoms. The lowest BCUT2D eigenvalue weighted by atomic mass is 10.0. The Morgan fingerprint density at radius 1 is 1.22 bits per heavy atom. The summed E-state index contributed by atoms with van der Waals surface area (Å²) < 4.78 is 7.14. The standard InChI is InChI=1S/C20H20N4O3/c1-13-11-16(17-9-10-24(23-17)15-7-5-4-6-8-15)19(21)14(2)20(13)27-18(25)12-22-26-3/h4-12H,21H2,1-3H3. The van der Waals surface area contributed by atoms with E-state index in [9.17, 15) is 4.79 Å². The molecule has 0 fully saturated rings. The average Bonchev–Trinajstić information content (AvgIpc) is 3.17. The zero-order valence-electron chi connectivity index (χ0n) is 15.3. The Hall–Kier alpha value is -3.61. The van der Waals surface area contributed by atoms with Gasteiger partial charge in [0.15, 0.2) is 6.21 Å². The molecule has 138 valence electrons. The van der Waals surface area contributed by atoms with E-state index in [-0.39, 0.29) is 0 Å². The molecule has 0 spiro atoms. The predicted octanol–water partition coefficient (Wildman–Crippen LogP) is 3.28. The number of nitrogen functional groups attached to an aromatic ring is 1. The lowest BCUT2D eigenvalue weighted by Gasteiger charge is -2.14. The highest BCUT2D eigenvalue weighted by atomic mass is 16.6. The van der Waals surface area contributed by atoms with Gasteiger partial charge < -0.3 is 15.3 Å². The summed E-state index contributed by atoms with van der Waals surface area (Å²) in [6, 6.07) is 13.6. The number of anilines is 1. The minimum atomic E-state index is -0.636. The lowest BCUT2D eigenvalue weighted by Crippen LogP contribution is -2.12. The molecule has 0 radical (unpaired) electrons. The number of carbonyl (C=O) groups is 1. The summed E-state index contributed by atoms with van der Waals surface area (Å²) >= 11 is 0. The highest BCUT2D eigenvalue weighted by molar-refractivity contribution is 6.23. The van der Waals surface area contributed by atoms with Crippen LogP contribution in [0.25, 0.3) is 16.9 Å². The largest absolute Gasteiger partial charge is 0.422 e. The van der Waals surface area contributed by atoms with Crippen LogP contribution in [0.3, 0.4) is 0 Å². The van der Waals surface area contributed by atoms with Crippen LogP contribution in [-0.4, -0.2) is 29.1 Å². The summed E-state index contributed by atoms with van der Waals surface area (Å²) in [6.07, 6.45) is 2.84. The zero-order chi connectivity index (χ0) is 19.4. The number of carbonyl (C=O) groups excluding carboxylic acids is 1. The number of ether oxygens (including phenoxy) is 1. The molecule has 0 saturated carbocycles. The maximum Gasteiger partial charge on any atom is 0.358 e. The minimum Gasteiger partial charge on any atom is -0.422 e. The van der Waals surface area contributed by atoms with Gasteiger partial charge in [0.05, 0.1) is 11.4 Å². The molecule has 0 saturated heterocycles. The second kappa shape index (κ2) is 7.74. The quantitative estimate of drug-likeness (QED) is 0.247. The number of aromatic nitrogens is 2. The first-order valence-electron chi connectivity index (χ1n) is 8.30. The predicted molar refractivity (Wildman–Crippen MR) is 104 cm³/mol. The van der Waals surface area contributed by atoms with Crippen LogP contribution in [0.2, 0.25) is 0 Å². The van der Waals surface area contributed by atoms with Gasteiger partial charge in [-0.15, -0.1) is 0 Å². The molecule has 0 aliphatic rings. The normalized spacial score (nSPS) is 10.9. The molecule has 0 atom stereocenters. The number of oxime groups is 1. The van der Waals surface area contributed by atoms with Gasteiger partial charge in [-0.2, -0.15) is 5.10 Å². The van der Waals surface area contributed by atoms with Crippen molar-refractivity contribution in [3.05, 3.63) is 59.8 Å². The van der Waals surface area contributed by atoms with Crippen molar-refractivity contribution < 1.29 is 14.4 Å². The molecule has 1 heterocycles. The van der Waals surface area contributed by atoms with Crippen LogP contribution in [0.1, 0.15) is 11.1 Å². The number of esters is 1. The second-order valence-corrected chi connectivity index (χ2v) is 5.93. The van der Waals surface area contributed by atoms with E-state index >= 15 is 0 Å². The van der Waals surface area contributed by atoms with Gasteiger partial charge >= 0.3 is 5.97 Å². The van der Waals surface area contributed by atoms with Crippen molar-refractivity contribution >= 4 is 17.9 Å². The number of para-hydroxylation sites is 1. The number of rotatable bonds is 5. The Balaban J connectivity index is 1.95. The summed E-state index contributed by atoms with van der Waals surface area (Å²) in [5, 5.41) is 8.02. The van der Waals surface area contributed by atoms with Crippen molar-refractivity contribution in [3.63, 3.8) is 0 Å². The number of hydrogen-bond donors (Lipinski definition) is 1. The van der Waals surface area contributed by atoms with Crippen molar-refractivity contribution in [2.24, 2.45) is 5.16 Å². The molecule has 1 aromatic heterocycles. The van der Waals surface area contributed by atoms with Crippen LogP contribution in [0.5, 0.6) is 5.75 Å². The number of aryl methyl sites for hydroxylation is 1. The summed E-state index contributed by atoms with van der Waals surface area (Å²) in [5.74, 6) is -0.227. The Kier molecular flexibility index (Phi) is 5.21. The topological polar surface area (TPSA) is 91.7 Å². The molecule has 2 N–H and O–H groups in total. The zero-order valence-corrected chi connectivity index (χ0v) is 15.3. The SMILES string of the molecule is CON=CC(=O)Oc1c(C)cc(-c2ccn(-c3ccccc3)n2)c(N)c1C. The fraction of sp³-hybridized carbons (Fsp3) is 0.150. The van der Waals surface area contributed by atoms with Crippen LogP contribution >= 0.6 is 0 Å². The third kappa shape index (κ3) is 3.82. The third-order valence-corrected chi connectivity index (χ3v) is 4.11. The van der Waals surface area contributed by atoms with Gasteiger partial charge in [0.1, 0.15) is 12.9 Å². The Morgan fingerprint density at radius 2 is 1.96 bits per heavy atom. The summed E-state index contributed by atoms with van der Waals surface area (Å²) in [7, 11) is 1.35. The van der Waals surface area contributed by atoms with Gasteiger partial charge in [0.2, 0.25) is 0 Å². The molecule has 0 bridgehead atoms. The third-order valence-electron chi connectivity index (χ3n) is 4.11. The highest BCUT2D eigenvalue weighted by Crippen LogP contribution is 2.36. The molecule has 0 unspecified atom stereocenters. The molecule has 0 aliphatic heterocycles. The van der Waals surface area contributed by atoms with Crippen molar-refractivity contribution in [2.75, 3.05) is 12.8 Å². The number of nitrogens with two attached hydrogens (primary N) is 1. The average molecular weight is 364 g/mol. The maximum atomic E-state index is 11.8.